The molecule has 1 atom stereocenters. The van der Waals surface area contributed by atoms with Crippen molar-refractivity contribution in [2.45, 2.75) is 45.6 Å². The third-order valence-electron chi connectivity index (χ3n) is 3.10. The van der Waals surface area contributed by atoms with Gasteiger partial charge in [-0.2, -0.15) is 0 Å². The second-order valence-electron chi connectivity index (χ2n) is 4.37. The van der Waals surface area contributed by atoms with Gasteiger partial charge in [-0.15, -0.1) is 0 Å². The first kappa shape index (κ1) is 10.2. The number of nitrogens with one attached hydrogen (secondary N) is 1. The van der Waals surface area contributed by atoms with Gasteiger partial charge < -0.3 is 10.3 Å². The summed E-state index contributed by atoms with van der Waals surface area (Å²) in [7, 11) is 0. The van der Waals surface area contributed by atoms with E-state index in [0.717, 1.165) is 17.9 Å². The number of fused-ring (bicyclic) bond motifs is 1. The number of amidine groups is 1. The van der Waals surface area contributed by atoms with Crippen molar-refractivity contribution >= 4 is 5.84 Å². The van der Waals surface area contributed by atoms with Crippen molar-refractivity contribution in [2.24, 2.45) is 5.73 Å². The van der Waals surface area contributed by atoms with Crippen LogP contribution in [0.5, 0.6) is 0 Å². The standard InChI is InChI=1S/C11H18N4/c1-7-4-3-5-10-9(6-11(12)13)14-8(2)15(7)10/h7H,3-6H2,1-2H3,(H3,12,13). The van der Waals surface area contributed by atoms with Gasteiger partial charge in [0, 0.05) is 18.2 Å². The van der Waals surface area contributed by atoms with Crippen LogP contribution in [-0.2, 0) is 12.8 Å². The highest BCUT2D eigenvalue weighted by Crippen LogP contribution is 2.28. The third-order valence-corrected chi connectivity index (χ3v) is 3.10. The van der Waals surface area contributed by atoms with Gasteiger partial charge >= 0.3 is 0 Å². The molecule has 0 spiro atoms. The Morgan fingerprint density at radius 3 is 3.07 bits per heavy atom. The molecule has 1 aliphatic heterocycles. The maximum absolute atomic E-state index is 7.34. The number of hydrogen-bond acceptors (Lipinski definition) is 2. The fourth-order valence-electron chi connectivity index (χ4n) is 2.51. The minimum Gasteiger partial charge on any atom is -0.387 e. The zero-order valence-corrected chi connectivity index (χ0v) is 9.38. The first-order chi connectivity index (χ1) is 7.09. The third kappa shape index (κ3) is 1.76. The van der Waals surface area contributed by atoms with Gasteiger partial charge in [0.25, 0.3) is 0 Å². The van der Waals surface area contributed by atoms with E-state index in [9.17, 15) is 0 Å². The quantitative estimate of drug-likeness (QED) is 0.569. The fraction of sp³-hybridized carbons (Fsp3) is 0.636. The summed E-state index contributed by atoms with van der Waals surface area (Å²) in [5, 5.41) is 7.34. The summed E-state index contributed by atoms with van der Waals surface area (Å²) in [6.45, 7) is 4.27. The van der Waals surface area contributed by atoms with E-state index in [1.165, 1.54) is 18.5 Å². The van der Waals surface area contributed by atoms with Crippen LogP contribution in [0.25, 0.3) is 0 Å². The lowest BCUT2D eigenvalue weighted by molar-refractivity contribution is 0.423. The van der Waals surface area contributed by atoms with E-state index in [1.807, 2.05) is 6.92 Å². The number of imidazole rings is 1. The predicted octanol–water partition coefficient (Wildman–Crippen LogP) is 1.57. The molecule has 4 heteroatoms. The molecule has 1 aromatic rings. The number of aromatic nitrogens is 2. The second-order valence-corrected chi connectivity index (χ2v) is 4.37. The molecule has 0 amide bonds. The van der Waals surface area contributed by atoms with Crippen LogP contribution in [0.1, 0.15) is 43.0 Å². The average molecular weight is 206 g/mol. The molecule has 0 bridgehead atoms. The molecule has 0 saturated heterocycles. The fourth-order valence-corrected chi connectivity index (χ4v) is 2.51. The van der Waals surface area contributed by atoms with Gasteiger partial charge in [-0.1, -0.05) is 0 Å². The van der Waals surface area contributed by atoms with Crippen LogP contribution in [0.15, 0.2) is 0 Å². The van der Waals surface area contributed by atoms with Crippen molar-refractivity contribution in [3.8, 4) is 0 Å². The average Bonchev–Trinajstić information content (AvgIpc) is 2.44. The molecular weight excluding hydrogens is 188 g/mol. The Kier molecular flexibility index (Phi) is 2.50. The highest BCUT2D eigenvalue weighted by atomic mass is 15.1. The van der Waals surface area contributed by atoms with E-state index in [1.54, 1.807) is 0 Å². The normalized spacial score (nSPS) is 20.0. The number of nitrogens with two attached hydrogens (primary N) is 1. The van der Waals surface area contributed by atoms with Crippen molar-refractivity contribution in [3.63, 3.8) is 0 Å². The molecule has 1 aliphatic rings. The lowest BCUT2D eigenvalue weighted by Crippen LogP contribution is -2.18. The highest BCUT2D eigenvalue weighted by molar-refractivity contribution is 5.79. The summed E-state index contributed by atoms with van der Waals surface area (Å²) in [6, 6.07) is 0.543. The number of aryl methyl sites for hydroxylation is 1. The Labute approximate surface area is 90.0 Å². The number of rotatable bonds is 2. The van der Waals surface area contributed by atoms with Crippen LogP contribution >= 0.6 is 0 Å². The van der Waals surface area contributed by atoms with Crippen molar-refractivity contribution < 1.29 is 0 Å². The molecule has 2 heterocycles. The molecule has 1 unspecified atom stereocenters. The maximum Gasteiger partial charge on any atom is 0.106 e. The SMILES string of the molecule is Cc1nc(CC(=N)N)c2n1C(C)CCC2. The molecule has 15 heavy (non-hydrogen) atoms. The molecule has 1 aromatic heterocycles. The minimum atomic E-state index is 0.203. The van der Waals surface area contributed by atoms with E-state index in [4.69, 9.17) is 11.1 Å². The van der Waals surface area contributed by atoms with Gasteiger partial charge in [0.1, 0.15) is 5.82 Å². The van der Waals surface area contributed by atoms with Gasteiger partial charge in [-0.3, -0.25) is 5.41 Å². The Morgan fingerprint density at radius 1 is 1.67 bits per heavy atom. The van der Waals surface area contributed by atoms with Crippen molar-refractivity contribution in [1.82, 2.24) is 9.55 Å². The maximum atomic E-state index is 7.34. The first-order valence-corrected chi connectivity index (χ1v) is 5.49. The summed E-state index contributed by atoms with van der Waals surface area (Å²) in [5.74, 6) is 1.27. The predicted molar refractivity (Wildman–Crippen MR) is 60.2 cm³/mol. The van der Waals surface area contributed by atoms with E-state index < -0.39 is 0 Å². The molecule has 0 fully saturated rings. The van der Waals surface area contributed by atoms with Gasteiger partial charge in [-0.05, 0) is 33.1 Å². The topological polar surface area (TPSA) is 67.7 Å². The van der Waals surface area contributed by atoms with Gasteiger partial charge in [-0.25, -0.2) is 4.98 Å². The molecule has 82 valence electrons. The summed E-state index contributed by atoms with van der Waals surface area (Å²) in [5.41, 5.74) is 7.73. The smallest absolute Gasteiger partial charge is 0.106 e. The van der Waals surface area contributed by atoms with Crippen LogP contribution in [0.4, 0.5) is 0 Å². The molecule has 0 radical (unpaired) electrons. The molecule has 0 saturated carbocycles. The van der Waals surface area contributed by atoms with Gasteiger partial charge in [0.2, 0.25) is 0 Å². The Morgan fingerprint density at radius 2 is 2.40 bits per heavy atom. The van der Waals surface area contributed by atoms with Gasteiger partial charge in [0.15, 0.2) is 0 Å². The Bertz CT molecular complexity index is 392. The van der Waals surface area contributed by atoms with Crippen LogP contribution in [-0.4, -0.2) is 15.4 Å². The molecular formula is C11H18N4. The summed E-state index contributed by atoms with van der Waals surface area (Å²) < 4.78 is 2.31. The largest absolute Gasteiger partial charge is 0.387 e. The van der Waals surface area contributed by atoms with Gasteiger partial charge in [0.05, 0.1) is 11.5 Å². The van der Waals surface area contributed by atoms with Crippen molar-refractivity contribution in [3.05, 3.63) is 17.2 Å². The van der Waals surface area contributed by atoms with E-state index >= 15 is 0 Å². The lowest BCUT2D eigenvalue weighted by atomic mass is 10.0. The van der Waals surface area contributed by atoms with E-state index in [2.05, 4.69) is 16.5 Å². The summed E-state index contributed by atoms with van der Waals surface area (Å²) >= 11 is 0. The number of hydrogen-bond donors (Lipinski definition) is 2. The molecule has 2 rings (SSSR count). The zero-order valence-electron chi connectivity index (χ0n) is 9.38. The molecule has 3 N–H and O–H groups in total. The van der Waals surface area contributed by atoms with Crippen LogP contribution in [0, 0.1) is 12.3 Å². The van der Waals surface area contributed by atoms with E-state index in [-0.39, 0.29) is 5.84 Å². The van der Waals surface area contributed by atoms with Crippen LogP contribution in [0.2, 0.25) is 0 Å². The monoisotopic (exact) mass is 206 g/mol. The lowest BCUT2D eigenvalue weighted by Gasteiger charge is -2.23. The number of nitrogens with zero attached hydrogens (tertiary/aromatic N) is 2. The van der Waals surface area contributed by atoms with E-state index in [0.29, 0.717) is 12.5 Å². The second kappa shape index (κ2) is 3.68. The molecule has 0 aliphatic carbocycles. The first-order valence-electron chi connectivity index (χ1n) is 5.49. The summed E-state index contributed by atoms with van der Waals surface area (Å²) in [4.78, 5) is 4.52. The minimum absolute atomic E-state index is 0.203. The highest BCUT2D eigenvalue weighted by Gasteiger charge is 2.22. The zero-order chi connectivity index (χ0) is 11.0. The van der Waals surface area contributed by atoms with Crippen molar-refractivity contribution in [1.29, 1.82) is 5.41 Å². The Hall–Kier alpha value is -1.32. The molecule has 0 aromatic carbocycles. The van der Waals surface area contributed by atoms with Crippen molar-refractivity contribution in [2.75, 3.05) is 0 Å². The van der Waals surface area contributed by atoms with Crippen LogP contribution < -0.4 is 5.73 Å². The Balaban J connectivity index is 2.41. The van der Waals surface area contributed by atoms with Crippen LogP contribution in [0.3, 0.4) is 0 Å². The summed E-state index contributed by atoms with van der Waals surface area (Å²) in [6.07, 6.45) is 4.02. The molecule has 4 nitrogen and oxygen atoms in total.